The molecule has 4 rings (SSSR count). The van der Waals surface area contributed by atoms with Crippen LogP contribution >= 0.6 is 0 Å². The third-order valence-electron chi connectivity index (χ3n) is 6.15. The minimum absolute atomic E-state index is 0.0959. The Labute approximate surface area is 177 Å². The number of carbonyl (C=O) groups excluding carboxylic acids is 2. The van der Waals surface area contributed by atoms with Gasteiger partial charge in [-0.2, -0.15) is 0 Å². The first-order valence-corrected chi connectivity index (χ1v) is 10.7. The minimum Gasteiger partial charge on any atom is -0.447 e. The van der Waals surface area contributed by atoms with E-state index in [-0.39, 0.29) is 23.6 Å². The van der Waals surface area contributed by atoms with Crippen molar-refractivity contribution >= 4 is 17.7 Å². The third-order valence-corrected chi connectivity index (χ3v) is 6.15. The number of nitrogens with one attached hydrogen (secondary N) is 2. The Morgan fingerprint density at radius 3 is 2.60 bits per heavy atom. The predicted molar refractivity (Wildman–Crippen MR) is 117 cm³/mol. The van der Waals surface area contributed by atoms with Crippen molar-refractivity contribution in [3.63, 3.8) is 0 Å². The highest BCUT2D eigenvalue weighted by atomic mass is 16.6. The average molecular weight is 408 g/mol. The van der Waals surface area contributed by atoms with E-state index < -0.39 is 0 Å². The molecular formula is C24H29N3O3. The van der Waals surface area contributed by atoms with Crippen LogP contribution in [0.4, 0.5) is 10.5 Å². The van der Waals surface area contributed by atoms with Crippen molar-refractivity contribution in [1.82, 2.24) is 10.6 Å². The number of hydrogen-bond acceptors (Lipinski definition) is 4. The molecule has 2 aromatic rings. The zero-order valence-corrected chi connectivity index (χ0v) is 17.4. The maximum absolute atomic E-state index is 12.9. The van der Waals surface area contributed by atoms with Crippen molar-refractivity contribution < 1.29 is 14.3 Å². The van der Waals surface area contributed by atoms with Gasteiger partial charge >= 0.3 is 6.09 Å². The number of benzene rings is 2. The smallest absolute Gasteiger partial charge is 0.414 e. The molecular weight excluding hydrogens is 378 g/mol. The van der Waals surface area contributed by atoms with Crippen LogP contribution < -0.4 is 15.5 Å². The molecule has 1 saturated carbocycles. The lowest BCUT2D eigenvalue weighted by atomic mass is 9.94. The number of cyclic esters (lactones) is 1. The van der Waals surface area contributed by atoms with Gasteiger partial charge in [0.2, 0.25) is 0 Å². The lowest BCUT2D eigenvalue weighted by Crippen LogP contribution is -2.52. The molecule has 2 aliphatic rings. The SMILES string of the molecule is CC(NC1(CNC(=O)c2cccc(N3CCOC3=O)c2)CCCC1)c1ccccc1. The molecule has 30 heavy (non-hydrogen) atoms. The molecule has 2 amide bonds. The Kier molecular flexibility index (Phi) is 6.04. The summed E-state index contributed by atoms with van der Waals surface area (Å²) in [7, 11) is 0. The van der Waals surface area contributed by atoms with E-state index in [0.717, 1.165) is 25.7 Å². The van der Waals surface area contributed by atoms with Crippen molar-refractivity contribution in [2.24, 2.45) is 0 Å². The van der Waals surface area contributed by atoms with E-state index in [9.17, 15) is 9.59 Å². The third kappa shape index (κ3) is 4.49. The Morgan fingerprint density at radius 2 is 1.90 bits per heavy atom. The van der Waals surface area contributed by atoms with Crippen LogP contribution in [0.5, 0.6) is 0 Å². The van der Waals surface area contributed by atoms with Gasteiger partial charge in [0.15, 0.2) is 0 Å². The quantitative estimate of drug-likeness (QED) is 0.727. The van der Waals surface area contributed by atoms with Crippen LogP contribution in [0, 0.1) is 0 Å². The second kappa shape index (κ2) is 8.88. The van der Waals surface area contributed by atoms with E-state index in [2.05, 4.69) is 41.8 Å². The Balaban J connectivity index is 1.42. The van der Waals surface area contributed by atoms with Crippen LogP contribution in [0.3, 0.4) is 0 Å². The molecule has 2 fully saturated rings. The van der Waals surface area contributed by atoms with E-state index in [1.807, 2.05) is 12.1 Å². The summed E-state index contributed by atoms with van der Waals surface area (Å²) in [5.41, 5.74) is 2.40. The number of hydrogen-bond donors (Lipinski definition) is 2. The van der Waals surface area contributed by atoms with Crippen molar-refractivity contribution in [1.29, 1.82) is 0 Å². The van der Waals surface area contributed by atoms with E-state index in [4.69, 9.17) is 4.74 Å². The standard InChI is InChI=1S/C24H29N3O3/c1-18(19-8-3-2-4-9-19)26-24(12-5-6-13-24)17-25-22(28)20-10-7-11-21(16-20)27-14-15-30-23(27)29/h2-4,7-11,16,18,26H,5-6,12-15,17H2,1H3,(H,25,28). The first kappa shape index (κ1) is 20.4. The van der Waals surface area contributed by atoms with Crippen LogP contribution in [0.1, 0.15) is 54.6 Å². The Morgan fingerprint density at radius 1 is 1.13 bits per heavy atom. The van der Waals surface area contributed by atoms with Crippen LogP contribution in [0.25, 0.3) is 0 Å². The van der Waals surface area contributed by atoms with Crippen molar-refractivity contribution in [3.8, 4) is 0 Å². The van der Waals surface area contributed by atoms with E-state index >= 15 is 0 Å². The number of ether oxygens (including phenoxy) is 1. The summed E-state index contributed by atoms with van der Waals surface area (Å²) in [6, 6.07) is 17.8. The van der Waals surface area contributed by atoms with Crippen LogP contribution in [0.2, 0.25) is 0 Å². The fraction of sp³-hybridized carbons (Fsp3) is 0.417. The minimum atomic E-state index is -0.364. The zero-order chi connectivity index (χ0) is 21.0. The largest absolute Gasteiger partial charge is 0.447 e. The maximum atomic E-state index is 12.9. The molecule has 0 bridgehead atoms. The molecule has 2 N–H and O–H groups in total. The summed E-state index contributed by atoms with van der Waals surface area (Å²) < 4.78 is 5.00. The number of anilines is 1. The highest BCUT2D eigenvalue weighted by molar-refractivity contribution is 5.97. The molecule has 1 aliphatic carbocycles. The second-order valence-corrected chi connectivity index (χ2v) is 8.26. The first-order valence-electron chi connectivity index (χ1n) is 10.7. The summed E-state index contributed by atoms with van der Waals surface area (Å²) in [6.07, 6.45) is 4.05. The Bertz CT molecular complexity index is 894. The molecule has 158 valence electrons. The highest BCUT2D eigenvalue weighted by Crippen LogP contribution is 2.32. The molecule has 0 radical (unpaired) electrons. The van der Waals surface area contributed by atoms with Crippen molar-refractivity contribution in [2.75, 3.05) is 24.6 Å². The summed E-state index contributed by atoms with van der Waals surface area (Å²) >= 11 is 0. The van der Waals surface area contributed by atoms with Gasteiger partial charge in [0.1, 0.15) is 6.61 Å². The van der Waals surface area contributed by atoms with Gasteiger partial charge in [-0.1, -0.05) is 49.2 Å². The highest BCUT2D eigenvalue weighted by Gasteiger charge is 2.35. The van der Waals surface area contributed by atoms with Crippen LogP contribution in [0.15, 0.2) is 54.6 Å². The molecule has 6 heteroatoms. The van der Waals surface area contributed by atoms with Gasteiger partial charge in [0.05, 0.1) is 6.54 Å². The van der Waals surface area contributed by atoms with Gasteiger partial charge in [-0.15, -0.1) is 0 Å². The number of carbonyl (C=O) groups is 2. The number of rotatable bonds is 7. The number of nitrogens with zero attached hydrogens (tertiary/aromatic N) is 1. The molecule has 1 saturated heterocycles. The molecule has 6 nitrogen and oxygen atoms in total. The first-order chi connectivity index (χ1) is 14.6. The molecule has 1 aliphatic heterocycles. The maximum Gasteiger partial charge on any atom is 0.414 e. The summed E-state index contributed by atoms with van der Waals surface area (Å²) in [6.45, 7) is 3.65. The van der Waals surface area contributed by atoms with Crippen LogP contribution in [-0.4, -0.2) is 37.2 Å². The Hall–Kier alpha value is -2.86. The van der Waals surface area contributed by atoms with E-state index in [1.165, 1.54) is 5.56 Å². The van der Waals surface area contributed by atoms with Gasteiger partial charge in [0.25, 0.3) is 5.91 Å². The van der Waals surface area contributed by atoms with E-state index in [0.29, 0.717) is 30.9 Å². The van der Waals surface area contributed by atoms with E-state index in [1.54, 1.807) is 23.1 Å². The molecule has 1 heterocycles. The molecule has 0 spiro atoms. The van der Waals surface area contributed by atoms with Crippen molar-refractivity contribution in [3.05, 3.63) is 65.7 Å². The second-order valence-electron chi connectivity index (χ2n) is 8.26. The average Bonchev–Trinajstić information content (AvgIpc) is 3.42. The van der Waals surface area contributed by atoms with Gasteiger partial charge in [-0.25, -0.2) is 4.79 Å². The summed E-state index contributed by atoms with van der Waals surface area (Å²) in [4.78, 5) is 26.2. The lowest BCUT2D eigenvalue weighted by molar-refractivity contribution is 0.0936. The van der Waals surface area contributed by atoms with Gasteiger partial charge in [0, 0.05) is 29.4 Å². The lowest BCUT2D eigenvalue weighted by Gasteiger charge is -2.34. The normalized spacial score (nSPS) is 18.8. The molecule has 1 atom stereocenters. The van der Waals surface area contributed by atoms with Gasteiger partial charge < -0.3 is 15.4 Å². The van der Waals surface area contributed by atoms with Crippen LogP contribution in [-0.2, 0) is 4.74 Å². The predicted octanol–water partition coefficient (Wildman–Crippen LogP) is 4.04. The topological polar surface area (TPSA) is 70.7 Å². The number of amides is 2. The molecule has 2 aromatic carbocycles. The zero-order valence-electron chi connectivity index (χ0n) is 17.4. The van der Waals surface area contributed by atoms with Crippen molar-refractivity contribution in [2.45, 2.75) is 44.2 Å². The monoisotopic (exact) mass is 407 g/mol. The fourth-order valence-electron chi connectivity index (χ4n) is 4.50. The van der Waals surface area contributed by atoms with Gasteiger partial charge in [-0.3, -0.25) is 9.69 Å². The summed E-state index contributed by atoms with van der Waals surface area (Å²) in [5, 5.41) is 6.92. The molecule has 1 unspecified atom stereocenters. The molecule has 0 aromatic heterocycles. The summed E-state index contributed by atoms with van der Waals surface area (Å²) in [5.74, 6) is -0.121. The fourth-order valence-corrected chi connectivity index (χ4v) is 4.50. The van der Waals surface area contributed by atoms with Gasteiger partial charge in [-0.05, 0) is 43.5 Å².